The van der Waals surface area contributed by atoms with E-state index in [1.54, 1.807) is 0 Å². The van der Waals surface area contributed by atoms with Gasteiger partial charge in [-0.15, -0.1) is 0 Å². The highest BCUT2D eigenvalue weighted by Crippen LogP contribution is 2.29. The van der Waals surface area contributed by atoms with E-state index in [1.165, 1.54) is 12.8 Å². The molecule has 0 aliphatic heterocycles. The summed E-state index contributed by atoms with van der Waals surface area (Å²) in [6.45, 7) is 14.1. The lowest BCUT2D eigenvalue weighted by Gasteiger charge is -2.28. The summed E-state index contributed by atoms with van der Waals surface area (Å²) in [5.74, 6) is 3.52. The fourth-order valence-corrected chi connectivity index (χ4v) is 2.01. The smallest absolute Gasteiger partial charge is 0.0363 e. The van der Waals surface area contributed by atoms with Crippen molar-refractivity contribution in [1.82, 2.24) is 0 Å². The van der Waals surface area contributed by atoms with Crippen LogP contribution in [0.3, 0.4) is 0 Å². The Balaban J connectivity index is 4.03. The maximum absolute atomic E-state index is 2.40. The highest BCUT2D eigenvalue weighted by atomic mass is 14.3. The maximum atomic E-state index is 2.40. The molecule has 2 atom stereocenters. The fourth-order valence-electron chi connectivity index (χ4n) is 2.01. The molecule has 0 aromatic carbocycles. The molecule has 0 rings (SSSR count). The van der Waals surface area contributed by atoms with Crippen LogP contribution in [0, 0.1) is 23.7 Å². The molecule has 0 heterocycles. The number of hydrogen-bond donors (Lipinski definition) is 0. The van der Waals surface area contributed by atoms with Crippen molar-refractivity contribution < 1.29 is 0 Å². The van der Waals surface area contributed by atoms with Crippen LogP contribution in [0.25, 0.3) is 0 Å². The zero-order valence-electron chi connectivity index (χ0n) is 9.72. The third-order valence-electron chi connectivity index (χ3n) is 2.97. The van der Waals surface area contributed by atoms with Gasteiger partial charge in [0.2, 0.25) is 0 Å². The van der Waals surface area contributed by atoms with E-state index >= 15 is 0 Å². The second kappa shape index (κ2) is 5.61. The van der Waals surface area contributed by atoms with Crippen molar-refractivity contribution in [2.24, 2.45) is 23.7 Å². The molecular weight excluding hydrogens is 144 g/mol. The normalized spacial score (nSPS) is 17.0. The van der Waals surface area contributed by atoms with Crippen LogP contribution in [0.2, 0.25) is 0 Å². The van der Waals surface area contributed by atoms with Crippen LogP contribution in [0.15, 0.2) is 0 Å². The van der Waals surface area contributed by atoms with E-state index in [0.29, 0.717) is 0 Å². The van der Waals surface area contributed by atoms with Gasteiger partial charge in [-0.1, -0.05) is 48.0 Å². The van der Waals surface area contributed by atoms with Gasteiger partial charge >= 0.3 is 0 Å². The monoisotopic (exact) mass is 170 g/mol. The average Bonchev–Trinajstić information content (AvgIpc) is 1.98. The van der Waals surface area contributed by atoms with Gasteiger partial charge in [-0.2, -0.15) is 0 Å². The van der Waals surface area contributed by atoms with Gasteiger partial charge in [0.15, 0.2) is 0 Å². The van der Waals surface area contributed by atoms with Gasteiger partial charge in [-0.3, -0.25) is 0 Å². The lowest BCUT2D eigenvalue weighted by molar-refractivity contribution is 0.222. The van der Waals surface area contributed by atoms with Crippen LogP contribution in [0.5, 0.6) is 0 Å². The third-order valence-corrected chi connectivity index (χ3v) is 2.97. The molecule has 0 saturated heterocycles. The first-order valence-corrected chi connectivity index (χ1v) is 5.49. The Hall–Kier alpha value is 0. The van der Waals surface area contributed by atoms with Gasteiger partial charge in [0, 0.05) is 0 Å². The van der Waals surface area contributed by atoms with E-state index in [1.807, 2.05) is 0 Å². The Labute approximate surface area is 78.8 Å². The molecule has 0 aromatic heterocycles. The van der Waals surface area contributed by atoms with Crippen molar-refractivity contribution in [2.75, 3.05) is 0 Å². The first-order chi connectivity index (χ1) is 5.49. The topological polar surface area (TPSA) is 0 Å². The molecule has 0 aromatic rings. The van der Waals surface area contributed by atoms with Crippen LogP contribution in [-0.2, 0) is 0 Å². The zero-order valence-corrected chi connectivity index (χ0v) is 9.72. The summed E-state index contributed by atoms with van der Waals surface area (Å²) in [5.41, 5.74) is 0. The quantitative estimate of drug-likeness (QED) is 0.575. The Morgan fingerprint density at radius 1 is 0.917 bits per heavy atom. The molecule has 0 aliphatic rings. The minimum atomic E-state index is 0.849. The van der Waals surface area contributed by atoms with Crippen molar-refractivity contribution in [3.05, 3.63) is 0 Å². The Bertz CT molecular complexity index is 103. The van der Waals surface area contributed by atoms with Gasteiger partial charge < -0.3 is 0 Å². The molecule has 0 nitrogen and oxygen atoms in total. The summed E-state index contributed by atoms with van der Waals surface area (Å²) in [6, 6.07) is 0. The second-order valence-corrected chi connectivity index (χ2v) is 4.92. The molecular formula is C12H26. The predicted molar refractivity (Wildman–Crippen MR) is 57.2 cm³/mol. The molecule has 12 heavy (non-hydrogen) atoms. The Kier molecular flexibility index (Phi) is 5.61. The van der Waals surface area contributed by atoms with Crippen LogP contribution in [0.4, 0.5) is 0 Å². The molecule has 0 N–H and O–H groups in total. The minimum Gasteiger partial charge on any atom is -0.0651 e. The molecule has 1 unspecified atom stereocenters. The minimum absolute atomic E-state index is 0.849. The largest absolute Gasteiger partial charge is 0.0651 e. The second-order valence-electron chi connectivity index (χ2n) is 4.92. The lowest BCUT2D eigenvalue weighted by Crippen LogP contribution is -2.19. The highest BCUT2D eigenvalue weighted by molar-refractivity contribution is 4.70. The molecule has 0 amide bonds. The first kappa shape index (κ1) is 12.0. The molecule has 0 spiro atoms. The van der Waals surface area contributed by atoms with Gasteiger partial charge in [0.05, 0.1) is 0 Å². The summed E-state index contributed by atoms with van der Waals surface area (Å²) in [5, 5.41) is 0. The summed E-state index contributed by atoms with van der Waals surface area (Å²) < 4.78 is 0. The van der Waals surface area contributed by atoms with Crippen molar-refractivity contribution in [3.8, 4) is 0 Å². The standard InChI is InChI=1S/C12H26/c1-7-11(6)12(10(4)5)8-9(2)3/h9-12H,7-8H2,1-6H3/t11-,12?/m0/s1. The third kappa shape index (κ3) is 4.13. The van der Waals surface area contributed by atoms with Crippen molar-refractivity contribution >= 4 is 0 Å². The van der Waals surface area contributed by atoms with Gasteiger partial charge in [0.25, 0.3) is 0 Å². The van der Waals surface area contributed by atoms with E-state index in [9.17, 15) is 0 Å². The summed E-state index contributed by atoms with van der Waals surface area (Å²) in [7, 11) is 0. The van der Waals surface area contributed by atoms with Crippen LogP contribution < -0.4 is 0 Å². The molecule has 74 valence electrons. The molecule has 0 bridgehead atoms. The SMILES string of the molecule is CC[C@H](C)C(CC(C)C)C(C)C. The predicted octanol–water partition coefficient (Wildman–Crippen LogP) is 4.35. The first-order valence-electron chi connectivity index (χ1n) is 5.49. The summed E-state index contributed by atoms with van der Waals surface area (Å²) in [4.78, 5) is 0. The zero-order chi connectivity index (χ0) is 9.72. The van der Waals surface area contributed by atoms with Crippen molar-refractivity contribution in [3.63, 3.8) is 0 Å². The van der Waals surface area contributed by atoms with Crippen molar-refractivity contribution in [2.45, 2.75) is 54.4 Å². The van der Waals surface area contributed by atoms with Gasteiger partial charge in [-0.05, 0) is 30.1 Å². The van der Waals surface area contributed by atoms with Gasteiger partial charge in [-0.25, -0.2) is 0 Å². The average molecular weight is 170 g/mol. The van der Waals surface area contributed by atoms with E-state index < -0.39 is 0 Å². The number of rotatable bonds is 5. The van der Waals surface area contributed by atoms with E-state index in [4.69, 9.17) is 0 Å². The van der Waals surface area contributed by atoms with E-state index in [2.05, 4.69) is 41.5 Å². The number of hydrogen-bond acceptors (Lipinski definition) is 0. The summed E-state index contributed by atoms with van der Waals surface area (Å²) >= 11 is 0. The van der Waals surface area contributed by atoms with Gasteiger partial charge in [0.1, 0.15) is 0 Å². The Morgan fingerprint density at radius 2 is 1.42 bits per heavy atom. The molecule has 0 fully saturated rings. The lowest BCUT2D eigenvalue weighted by atomic mass is 9.78. The molecule has 0 radical (unpaired) electrons. The Morgan fingerprint density at radius 3 is 1.67 bits per heavy atom. The fraction of sp³-hybridized carbons (Fsp3) is 1.00. The highest BCUT2D eigenvalue weighted by Gasteiger charge is 2.20. The molecule has 0 aliphatic carbocycles. The molecule has 0 heteroatoms. The maximum Gasteiger partial charge on any atom is -0.0363 e. The van der Waals surface area contributed by atoms with E-state index in [-0.39, 0.29) is 0 Å². The molecule has 0 saturated carbocycles. The van der Waals surface area contributed by atoms with E-state index in [0.717, 1.165) is 23.7 Å². The van der Waals surface area contributed by atoms with Crippen LogP contribution in [0.1, 0.15) is 54.4 Å². The van der Waals surface area contributed by atoms with Crippen LogP contribution >= 0.6 is 0 Å². The summed E-state index contributed by atoms with van der Waals surface area (Å²) in [6.07, 6.45) is 2.72. The van der Waals surface area contributed by atoms with Crippen molar-refractivity contribution in [1.29, 1.82) is 0 Å². The van der Waals surface area contributed by atoms with Crippen LogP contribution in [-0.4, -0.2) is 0 Å².